The van der Waals surface area contributed by atoms with Gasteiger partial charge < -0.3 is 24.1 Å². The molecular formula is C12H21N3O6. The molecule has 0 aromatic carbocycles. The summed E-state index contributed by atoms with van der Waals surface area (Å²) in [6.07, 6.45) is 0. The number of ether oxygens (including phenoxy) is 4. The molecule has 0 aliphatic carbocycles. The fourth-order valence-corrected chi connectivity index (χ4v) is 1.57. The molecule has 21 heavy (non-hydrogen) atoms. The number of aromatic carboxylic acids is 1. The fourth-order valence-electron chi connectivity index (χ4n) is 1.57. The molecule has 0 radical (unpaired) electrons. The summed E-state index contributed by atoms with van der Waals surface area (Å²) in [5.74, 6) is -1.12. The van der Waals surface area contributed by atoms with Crippen LogP contribution in [0.15, 0.2) is 0 Å². The number of hydrogen-bond donors (Lipinski definition) is 1. The van der Waals surface area contributed by atoms with Gasteiger partial charge in [0.05, 0.1) is 51.9 Å². The van der Waals surface area contributed by atoms with Crippen molar-refractivity contribution in [3.8, 4) is 0 Å². The summed E-state index contributed by atoms with van der Waals surface area (Å²) >= 11 is 0. The Hall–Kier alpha value is -1.55. The number of aromatic nitrogens is 3. The van der Waals surface area contributed by atoms with E-state index in [-0.39, 0.29) is 12.3 Å². The Morgan fingerprint density at radius 2 is 1.76 bits per heavy atom. The van der Waals surface area contributed by atoms with Gasteiger partial charge in [0.2, 0.25) is 0 Å². The van der Waals surface area contributed by atoms with Crippen molar-refractivity contribution in [3.05, 3.63) is 11.4 Å². The van der Waals surface area contributed by atoms with E-state index >= 15 is 0 Å². The van der Waals surface area contributed by atoms with Gasteiger partial charge in [-0.2, -0.15) is 0 Å². The van der Waals surface area contributed by atoms with E-state index in [0.29, 0.717) is 45.3 Å². The third kappa shape index (κ3) is 6.17. The monoisotopic (exact) mass is 303 g/mol. The summed E-state index contributed by atoms with van der Waals surface area (Å²) in [6.45, 7) is 2.93. The van der Waals surface area contributed by atoms with E-state index in [4.69, 9.17) is 24.1 Å². The Bertz CT molecular complexity index is 423. The van der Waals surface area contributed by atoms with Gasteiger partial charge in [-0.1, -0.05) is 5.21 Å². The summed E-state index contributed by atoms with van der Waals surface area (Å²) in [5, 5.41) is 16.4. The number of carbonyl (C=O) groups is 1. The van der Waals surface area contributed by atoms with Gasteiger partial charge in [-0.25, -0.2) is 9.48 Å². The van der Waals surface area contributed by atoms with Crippen LogP contribution < -0.4 is 0 Å². The third-order valence-electron chi connectivity index (χ3n) is 2.57. The van der Waals surface area contributed by atoms with Crippen molar-refractivity contribution < 1.29 is 28.8 Å². The van der Waals surface area contributed by atoms with Gasteiger partial charge in [-0.3, -0.25) is 0 Å². The van der Waals surface area contributed by atoms with Gasteiger partial charge in [0.25, 0.3) is 0 Å². The van der Waals surface area contributed by atoms with Gasteiger partial charge in [0.1, 0.15) is 0 Å². The average molecular weight is 303 g/mol. The maximum Gasteiger partial charge on any atom is 0.358 e. The second kappa shape index (κ2) is 10.2. The molecule has 0 atom stereocenters. The molecule has 0 bridgehead atoms. The lowest BCUT2D eigenvalue weighted by molar-refractivity contribution is 0.0221. The van der Waals surface area contributed by atoms with Crippen LogP contribution in [-0.4, -0.2) is 73.3 Å². The normalized spacial score (nSPS) is 11.0. The second-order valence-corrected chi connectivity index (χ2v) is 4.06. The van der Waals surface area contributed by atoms with Crippen molar-refractivity contribution in [3.63, 3.8) is 0 Å². The molecule has 1 N–H and O–H groups in total. The van der Waals surface area contributed by atoms with Crippen molar-refractivity contribution in [2.45, 2.75) is 13.2 Å². The van der Waals surface area contributed by atoms with Gasteiger partial charge in [-0.15, -0.1) is 5.10 Å². The minimum atomic E-state index is -1.12. The summed E-state index contributed by atoms with van der Waals surface area (Å²) in [6, 6.07) is 0. The van der Waals surface area contributed by atoms with Crippen molar-refractivity contribution in [1.82, 2.24) is 15.0 Å². The third-order valence-corrected chi connectivity index (χ3v) is 2.57. The molecule has 0 saturated carbocycles. The van der Waals surface area contributed by atoms with E-state index in [1.807, 2.05) is 0 Å². The van der Waals surface area contributed by atoms with Crippen LogP contribution in [0.4, 0.5) is 0 Å². The predicted octanol–water partition coefficient (Wildman–Crippen LogP) is -0.198. The molecule has 9 nitrogen and oxygen atoms in total. The lowest BCUT2D eigenvalue weighted by Crippen LogP contribution is -2.15. The van der Waals surface area contributed by atoms with Crippen molar-refractivity contribution in [2.75, 3.05) is 47.3 Å². The van der Waals surface area contributed by atoms with Crippen LogP contribution >= 0.6 is 0 Å². The first-order valence-electron chi connectivity index (χ1n) is 6.49. The second-order valence-electron chi connectivity index (χ2n) is 4.06. The molecule has 1 aromatic rings. The highest BCUT2D eigenvalue weighted by atomic mass is 16.5. The first kappa shape index (κ1) is 17.5. The van der Waals surface area contributed by atoms with Crippen LogP contribution in [0.5, 0.6) is 0 Å². The fraction of sp³-hybridized carbons (Fsp3) is 0.750. The van der Waals surface area contributed by atoms with Crippen molar-refractivity contribution in [2.24, 2.45) is 0 Å². The molecule has 1 rings (SSSR count). The predicted molar refractivity (Wildman–Crippen MR) is 71.2 cm³/mol. The zero-order chi connectivity index (χ0) is 15.5. The van der Waals surface area contributed by atoms with Gasteiger partial charge in [0, 0.05) is 14.2 Å². The van der Waals surface area contributed by atoms with Crippen LogP contribution in [0.2, 0.25) is 0 Å². The van der Waals surface area contributed by atoms with Crippen LogP contribution in [0.25, 0.3) is 0 Å². The highest BCUT2D eigenvalue weighted by Gasteiger charge is 2.18. The molecule has 0 aliphatic rings. The number of carboxylic acids is 1. The molecule has 0 fully saturated rings. The zero-order valence-electron chi connectivity index (χ0n) is 12.3. The molecule has 9 heteroatoms. The van der Waals surface area contributed by atoms with Crippen LogP contribution in [0.3, 0.4) is 0 Å². The van der Waals surface area contributed by atoms with Gasteiger partial charge >= 0.3 is 5.97 Å². The maximum atomic E-state index is 11.0. The average Bonchev–Trinajstić information content (AvgIpc) is 2.85. The molecule has 0 saturated heterocycles. The number of nitrogens with zero attached hydrogens (tertiary/aromatic N) is 3. The van der Waals surface area contributed by atoms with Crippen LogP contribution in [0.1, 0.15) is 16.2 Å². The summed E-state index contributed by atoms with van der Waals surface area (Å²) < 4.78 is 21.9. The Balaban J connectivity index is 2.30. The summed E-state index contributed by atoms with van der Waals surface area (Å²) in [5.41, 5.74) is 0.324. The van der Waals surface area contributed by atoms with Gasteiger partial charge in [-0.05, 0) is 0 Å². The smallest absolute Gasteiger partial charge is 0.358 e. The molecule has 1 aromatic heterocycles. The lowest BCUT2D eigenvalue weighted by Gasteiger charge is -2.07. The first-order valence-corrected chi connectivity index (χ1v) is 6.49. The standard InChI is InChI=1S/C12H21N3O6/c1-18-5-6-21-8-7-20-4-3-15-10(9-19-2)11(12(16)17)13-14-15/h3-9H2,1-2H3,(H,16,17). The number of rotatable bonds is 12. The molecular weight excluding hydrogens is 282 g/mol. The molecule has 0 spiro atoms. The van der Waals surface area contributed by atoms with E-state index in [2.05, 4.69) is 10.3 Å². The van der Waals surface area contributed by atoms with E-state index in [0.717, 1.165) is 0 Å². The van der Waals surface area contributed by atoms with Crippen molar-refractivity contribution >= 4 is 5.97 Å². The Morgan fingerprint density at radius 3 is 2.38 bits per heavy atom. The summed E-state index contributed by atoms with van der Waals surface area (Å²) in [4.78, 5) is 11.0. The van der Waals surface area contributed by atoms with E-state index in [9.17, 15) is 4.79 Å². The summed E-state index contributed by atoms with van der Waals surface area (Å²) in [7, 11) is 3.10. The quantitative estimate of drug-likeness (QED) is 0.529. The minimum Gasteiger partial charge on any atom is -0.476 e. The molecule has 0 unspecified atom stereocenters. The highest BCUT2D eigenvalue weighted by Crippen LogP contribution is 2.07. The molecule has 0 aliphatic heterocycles. The molecule has 0 amide bonds. The van der Waals surface area contributed by atoms with Crippen molar-refractivity contribution in [1.29, 1.82) is 0 Å². The van der Waals surface area contributed by atoms with E-state index < -0.39 is 5.97 Å². The zero-order valence-corrected chi connectivity index (χ0v) is 12.3. The van der Waals surface area contributed by atoms with E-state index in [1.54, 1.807) is 7.11 Å². The van der Waals surface area contributed by atoms with E-state index in [1.165, 1.54) is 11.8 Å². The number of hydrogen-bond acceptors (Lipinski definition) is 7. The largest absolute Gasteiger partial charge is 0.476 e. The number of carboxylic acid groups (broad SMARTS) is 1. The topological polar surface area (TPSA) is 105 Å². The molecule has 120 valence electrons. The molecule has 1 heterocycles. The van der Waals surface area contributed by atoms with Crippen LogP contribution in [0, 0.1) is 0 Å². The van der Waals surface area contributed by atoms with Gasteiger partial charge in [0.15, 0.2) is 5.69 Å². The van der Waals surface area contributed by atoms with Crippen LogP contribution in [-0.2, 0) is 32.1 Å². The first-order chi connectivity index (χ1) is 10.2. The maximum absolute atomic E-state index is 11.0. The Kier molecular flexibility index (Phi) is 8.51. The SMILES string of the molecule is COCCOCCOCCn1nnc(C(=O)O)c1COC. The lowest BCUT2D eigenvalue weighted by atomic mass is 10.3. The minimum absolute atomic E-state index is 0.0975. The Morgan fingerprint density at radius 1 is 1.10 bits per heavy atom. The highest BCUT2D eigenvalue weighted by molar-refractivity contribution is 5.86. The Labute approximate surface area is 122 Å². The number of methoxy groups -OCH3 is 2.